The standard InChI is InChI=1S/C51H33N3OS/c1-3-17-34(18-4-1)51(35-19-5-2-6-20-35)41-32-31-36(33-48(41)56-49-52-42-25-11-14-28-45(42)54(49)51)53-43-26-12-7-21-37(43)50(38-22-8-13-27-44(38)53)39-23-9-15-29-46(39)55-47-30-16-10-24-40(47)50/h1-33H. The molecule has 56 heavy (non-hydrogen) atoms. The van der Waals surface area contributed by atoms with Crippen LogP contribution in [0.1, 0.15) is 38.9 Å². The summed E-state index contributed by atoms with van der Waals surface area (Å²) in [7, 11) is 0. The molecule has 9 aromatic rings. The number of hydrogen-bond donors (Lipinski definition) is 0. The van der Waals surface area contributed by atoms with Crippen molar-refractivity contribution < 1.29 is 4.74 Å². The van der Waals surface area contributed by atoms with Gasteiger partial charge >= 0.3 is 0 Å². The van der Waals surface area contributed by atoms with Crippen molar-refractivity contribution in [3.8, 4) is 11.5 Å². The van der Waals surface area contributed by atoms with Crippen molar-refractivity contribution in [2.24, 2.45) is 0 Å². The van der Waals surface area contributed by atoms with E-state index >= 15 is 0 Å². The minimum atomic E-state index is -0.662. The predicted molar refractivity (Wildman–Crippen MR) is 225 cm³/mol. The summed E-state index contributed by atoms with van der Waals surface area (Å²) in [5.74, 6) is 1.77. The Labute approximate surface area is 329 Å². The Kier molecular flexibility index (Phi) is 6.66. The summed E-state index contributed by atoms with van der Waals surface area (Å²) in [6.45, 7) is 0. The van der Waals surface area contributed by atoms with Crippen molar-refractivity contribution in [3.63, 3.8) is 0 Å². The topological polar surface area (TPSA) is 30.3 Å². The molecule has 8 aromatic carbocycles. The predicted octanol–water partition coefficient (Wildman–Crippen LogP) is 12.6. The van der Waals surface area contributed by atoms with Crippen molar-refractivity contribution in [2.45, 2.75) is 21.0 Å². The average molecular weight is 736 g/mol. The fraction of sp³-hybridized carbons (Fsp3) is 0.0392. The maximum absolute atomic E-state index is 6.63. The Morgan fingerprint density at radius 2 is 0.982 bits per heavy atom. The smallest absolute Gasteiger partial charge is 0.175 e. The summed E-state index contributed by atoms with van der Waals surface area (Å²) in [6, 6.07) is 72.4. The van der Waals surface area contributed by atoms with Crippen LogP contribution in [0.25, 0.3) is 11.0 Å². The number of nitrogens with zero attached hydrogens (tertiary/aromatic N) is 3. The third kappa shape index (κ3) is 4.07. The summed E-state index contributed by atoms with van der Waals surface area (Å²) in [5, 5.41) is 0.970. The third-order valence-corrected chi connectivity index (χ3v) is 13.0. The molecular formula is C51H33N3OS. The largest absolute Gasteiger partial charge is 0.457 e. The number of fused-ring (bicyclic) bond motifs is 12. The summed E-state index contributed by atoms with van der Waals surface area (Å²) in [4.78, 5) is 8.95. The van der Waals surface area contributed by atoms with Gasteiger partial charge in [-0.3, -0.25) is 4.57 Å². The number of benzene rings is 8. The van der Waals surface area contributed by atoms with Crippen LogP contribution >= 0.6 is 11.8 Å². The van der Waals surface area contributed by atoms with E-state index in [4.69, 9.17) is 9.72 Å². The quantitative estimate of drug-likeness (QED) is 0.181. The van der Waals surface area contributed by atoms with Gasteiger partial charge < -0.3 is 9.64 Å². The average Bonchev–Trinajstić information content (AvgIpc) is 3.64. The molecule has 0 saturated carbocycles. The third-order valence-electron chi connectivity index (χ3n) is 12.0. The zero-order chi connectivity index (χ0) is 36.8. The number of hydrogen-bond acceptors (Lipinski definition) is 4. The van der Waals surface area contributed by atoms with Gasteiger partial charge in [-0.25, -0.2) is 4.98 Å². The second kappa shape index (κ2) is 11.8. The second-order valence-electron chi connectivity index (χ2n) is 14.7. The number of anilines is 3. The Balaban J connectivity index is 1.14. The van der Waals surface area contributed by atoms with E-state index in [1.54, 1.807) is 11.8 Å². The molecule has 0 unspecified atom stereocenters. The van der Waals surface area contributed by atoms with Gasteiger partial charge in [0.25, 0.3) is 0 Å². The minimum Gasteiger partial charge on any atom is -0.457 e. The zero-order valence-corrected chi connectivity index (χ0v) is 31.0. The van der Waals surface area contributed by atoms with Gasteiger partial charge in [-0.15, -0.1) is 0 Å². The minimum absolute atomic E-state index is 0.585. The van der Waals surface area contributed by atoms with Gasteiger partial charge in [0, 0.05) is 27.3 Å². The van der Waals surface area contributed by atoms with Gasteiger partial charge in [0.15, 0.2) is 5.16 Å². The molecule has 0 atom stereocenters. The van der Waals surface area contributed by atoms with Crippen LogP contribution in [0.5, 0.6) is 11.5 Å². The summed E-state index contributed by atoms with van der Waals surface area (Å²) < 4.78 is 9.09. The molecule has 3 aliphatic heterocycles. The van der Waals surface area contributed by atoms with Crippen molar-refractivity contribution in [1.82, 2.24) is 9.55 Å². The lowest BCUT2D eigenvalue weighted by Gasteiger charge is -2.48. The van der Waals surface area contributed by atoms with Gasteiger partial charge in [0.1, 0.15) is 17.0 Å². The molecular weight excluding hydrogens is 703 g/mol. The first-order valence-electron chi connectivity index (χ1n) is 19.1. The lowest BCUT2D eigenvalue weighted by Crippen LogP contribution is -2.41. The monoisotopic (exact) mass is 735 g/mol. The van der Waals surface area contributed by atoms with Crippen LogP contribution in [0.4, 0.5) is 17.1 Å². The normalized spacial score (nSPS) is 15.1. The van der Waals surface area contributed by atoms with Gasteiger partial charge in [-0.05, 0) is 70.8 Å². The van der Waals surface area contributed by atoms with Crippen molar-refractivity contribution in [3.05, 3.63) is 239 Å². The summed E-state index contributed by atoms with van der Waals surface area (Å²) in [5.41, 5.74) is 12.6. The summed E-state index contributed by atoms with van der Waals surface area (Å²) in [6.07, 6.45) is 0. The Bertz CT molecular complexity index is 2870. The van der Waals surface area contributed by atoms with E-state index in [-0.39, 0.29) is 0 Å². The number of ether oxygens (including phenoxy) is 1. The molecule has 0 radical (unpaired) electrons. The van der Waals surface area contributed by atoms with Crippen LogP contribution < -0.4 is 9.64 Å². The van der Waals surface area contributed by atoms with Crippen LogP contribution in [0.2, 0.25) is 0 Å². The van der Waals surface area contributed by atoms with E-state index in [1.807, 2.05) is 0 Å². The number of rotatable bonds is 3. The molecule has 1 aromatic heterocycles. The molecule has 264 valence electrons. The molecule has 4 nitrogen and oxygen atoms in total. The summed E-state index contributed by atoms with van der Waals surface area (Å²) >= 11 is 1.75. The van der Waals surface area contributed by atoms with Gasteiger partial charge in [0.2, 0.25) is 0 Å². The van der Waals surface area contributed by atoms with E-state index in [2.05, 4.69) is 210 Å². The fourth-order valence-corrected chi connectivity index (χ4v) is 11.0. The Morgan fingerprint density at radius 3 is 1.61 bits per heavy atom. The number of aromatic nitrogens is 2. The highest BCUT2D eigenvalue weighted by atomic mass is 32.2. The van der Waals surface area contributed by atoms with Gasteiger partial charge in [0.05, 0.1) is 27.8 Å². The van der Waals surface area contributed by atoms with E-state index in [0.717, 1.165) is 55.9 Å². The van der Waals surface area contributed by atoms with Crippen molar-refractivity contribution in [1.29, 1.82) is 0 Å². The molecule has 12 rings (SSSR count). The van der Waals surface area contributed by atoms with Crippen LogP contribution in [-0.4, -0.2) is 9.55 Å². The number of para-hydroxylation sites is 6. The van der Waals surface area contributed by atoms with E-state index in [0.29, 0.717) is 0 Å². The molecule has 4 heterocycles. The maximum Gasteiger partial charge on any atom is 0.175 e. The molecule has 0 saturated heterocycles. The molecule has 0 aliphatic carbocycles. The van der Waals surface area contributed by atoms with Crippen LogP contribution in [0.15, 0.2) is 210 Å². The Morgan fingerprint density at radius 1 is 0.464 bits per heavy atom. The molecule has 5 heteroatoms. The number of imidazole rings is 1. The lowest BCUT2D eigenvalue weighted by atomic mass is 9.61. The maximum atomic E-state index is 6.63. The molecule has 0 amide bonds. The molecule has 0 fully saturated rings. The first kappa shape index (κ1) is 31.5. The molecule has 3 aliphatic rings. The van der Waals surface area contributed by atoms with Crippen molar-refractivity contribution >= 4 is 39.9 Å². The molecule has 0 N–H and O–H groups in total. The second-order valence-corrected chi connectivity index (χ2v) is 15.7. The van der Waals surface area contributed by atoms with Crippen molar-refractivity contribution in [2.75, 3.05) is 4.90 Å². The highest BCUT2D eigenvalue weighted by Gasteiger charge is 2.51. The SMILES string of the molecule is c1ccc(C2(c3ccccc3)c3ccc(N4c5ccccc5C5(c6ccccc6Oc6ccccc65)c5ccccc54)cc3Sc3nc4ccccc4n32)cc1. The first-order chi connectivity index (χ1) is 27.8. The fourth-order valence-electron chi connectivity index (χ4n) is 9.84. The van der Waals surface area contributed by atoms with E-state index < -0.39 is 11.0 Å². The van der Waals surface area contributed by atoms with Crippen LogP contribution in [-0.2, 0) is 11.0 Å². The Hall–Kier alpha value is -6.82. The van der Waals surface area contributed by atoms with E-state index in [9.17, 15) is 0 Å². The van der Waals surface area contributed by atoms with Crippen LogP contribution in [0, 0.1) is 0 Å². The lowest BCUT2D eigenvalue weighted by molar-refractivity contribution is 0.434. The van der Waals surface area contributed by atoms with Gasteiger partial charge in [-0.1, -0.05) is 163 Å². The van der Waals surface area contributed by atoms with Gasteiger partial charge in [-0.2, -0.15) is 0 Å². The highest BCUT2D eigenvalue weighted by molar-refractivity contribution is 7.99. The molecule has 1 spiro atoms. The zero-order valence-electron chi connectivity index (χ0n) is 30.2. The first-order valence-corrected chi connectivity index (χ1v) is 19.9. The highest BCUT2D eigenvalue weighted by Crippen LogP contribution is 2.63. The molecule has 0 bridgehead atoms. The van der Waals surface area contributed by atoms with Crippen LogP contribution in [0.3, 0.4) is 0 Å². The van der Waals surface area contributed by atoms with E-state index in [1.165, 1.54) is 32.7 Å².